The molecule has 112 valence electrons. The number of hydrogen-bond donors (Lipinski definition) is 1. The molecular weight excluding hydrogens is 265 g/mol. The molecule has 0 unspecified atom stereocenters. The Morgan fingerprint density at radius 2 is 1.95 bits per heavy atom. The first kappa shape index (κ1) is 15.0. The molecule has 1 saturated carbocycles. The molecule has 1 aromatic carbocycles. The monoisotopic (exact) mass is 286 g/mol. The van der Waals surface area contributed by atoms with Gasteiger partial charge in [0.2, 0.25) is 0 Å². The third-order valence-corrected chi connectivity index (χ3v) is 3.60. The van der Waals surface area contributed by atoms with Crippen LogP contribution in [0.4, 0.5) is 24.5 Å². The van der Waals surface area contributed by atoms with Crippen molar-refractivity contribution in [3.05, 3.63) is 23.8 Å². The summed E-state index contributed by atoms with van der Waals surface area (Å²) < 4.78 is 38.0. The van der Waals surface area contributed by atoms with E-state index in [9.17, 15) is 13.2 Å². The van der Waals surface area contributed by atoms with E-state index < -0.39 is 11.7 Å². The highest BCUT2D eigenvalue weighted by molar-refractivity contribution is 5.69. The quantitative estimate of drug-likeness (QED) is 0.818. The lowest BCUT2D eigenvalue weighted by Crippen LogP contribution is -2.28. The zero-order valence-corrected chi connectivity index (χ0v) is 11.9. The normalized spacial score (nSPS) is 15.7. The molecule has 2 N–H and O–H groups in total. The summed E-state index contributed by atoms with van der Waals surface area (Å²) in [5.74, 6) is 0.562. The predicted octanol–water partition coefficient (Wildman–Crippen LogP) is 4.30. The zero-order chi connectivity index (χ0) is 14.9. The summed E-state index contributed by atoms with van der Waals surface area (Å²) in [5.41, 5.74) is 6.12. The maximum Gasteiger partial charge on any atom is 0.416 e. The van der Waals surface area contributed by atoms with Crippen molar-refractivity contribution in [3.63, 3.8) is 0 Å². The van der Waals surface area contributed by atoms with Crippen molar-refractivity contribution in [2.24, 2.45) is 5.92 Å². The molecule has 2 nitrogen and oxygen atoms in total. The number of nitrogens with two attached hydrogens (primary N) is 1. The Balaban J connectivity index is 2.21. The van der Waals surface area contributed by atoms with Gasteiger partial charge in [0.05, 0.1) is 16.9 Å². The number of halogens is 3. The number of alkyl halides is 3. The molecule has 0 bridgehead atoms. The van der Waals surface area contributed by atoms with E-state index in [-0.39, 0.29) is 5.69 Å². The van der Waals surface area contributed by atoms with Crippen LogP contribution in [0.2, 0.25) is 0 Å². The van der Waals surface area contributed by atoms with Gasteiger partial charge in [0.1, 0.15) is 0 Å². The van der Waals surface area contributed by atoms with Gasteiger partial charge in [0, 0.05) is 12.6 Å². The first-order valence-electron chi connectivity index (χ1n) is 7.02. The summed E-state index contributed by atoms with van der Waals surface area (Å²) >= 11 is 0. The van der Waals surface area contributed by atoms with Gasteiger partial charge in [0.15, 0.2) is 0 Å². The molecule has 0 spiro atoms. The minimum Gasteiger partial charge on any atom is -0.397 e. The average Bonchev–Trinajstić information content (AvgIpc) is 3.13. The van der Waals surface area contributed by atoms with E-state index in [0.717, 1.165) is 43.6 Å². The van der Waals surface area contributed by atoms with Crippen molar-refractivity contribution in [2.45, 2.75) is 45.3 Å². The molecule has 20 heavy (non-hydrogen) atoms. The topological polar surface area (TPSA) is 29.3 Å². The molecule has 0 heterocycles. The fourth-order valence-electron chi connectivity index (χ4n) is 2.28. The summed E-state index contributed by atoms with van der Waals surface area (Å²) in [6, 6.07) is 4.11. The van der Waals surface area contributed by atoms with E-state index in [2.05, 4.69) is 18.7 Å². The predicted molar refractivity (Wildman–Crippen MR) is 75.7 cm³/mol. The highest BCUT2D eigenvalue weighted by Crippen LogP contribution is 2.38. The van der Waals surface area contributed by atoms with Gasteiger partial charge in [-0.1, -0.05) is 13.8 Å². The van der Waals surface area contributed by atoms with Gasteiger partial charge in [0.25, 0.3) is 0 Å². The highest BCUT2D eigenvalue weighted by atomic mass is 19.4. The van der Waals surface area contributed by atoms with Gasteiger partial charge in [-0.25, -0.2) is 0 Å². The minimum absolute atomic E-state index is 0.218. The molecular formula is C15H21F3N2. The van der Waals surface area contributed by atoms with E-state index in [1.165, 1.54) is 6.07 Å². The highest BCUT2D eigenvalue weighted by Gasteiger charge is 2.33. The van der Waals surface area contributed by atoms with Gasteiger partial charge in [-0.3, -0.25) is 0 Å². The minimum atomic E-state index is -4.34. The maximum atomic E-state index is 12.7. The van der Waals surface area contributed by atoms with Crippen molar-refractivity contribution in [1.82, 2.24) is 0 Å². The van der Waals surface area contributed by atoms with Crippen molar-refractivity contribution >= 4 is 11.4 Å². The summed E-state index contributed by atoms with van der Waals surface area (Å²) in [6.45, 7) is 5.13. The Labute approximate surface area is 117 Å². The van der Waals surface area contributed by atoms with Crippen LogP contribution in [0.1, 0.15) is 38.7 Å². The molecule has 0 aromatic heterocycles. The molecule has 0 aliphatic heterocycles. The van der Waals surface area contributed by atoms with Crippen LogP contribution in [0.5, 0.6) is 0 Å². The van der Waals surface area contributed by atoms with Crippen LogP contribution >= 0.6 is 0 Å². The number of benzene rings is 1. The summed E-state index contributed by atoms with van der Waals surface area (Å²) in [4.78, 5) is 2.16. The summed E-state index contributed by atoms with van der Waals surface area (Å²) in [6.07, 6.45) is -1.14. The molecule has 0 radical (unpaired) electrons. The second-order valence-electron chi connectivity index (χ2n) is 5.88. The van der Waals surface area contributed by atoms with E-state index in [4.69, 9.17) is 5.73 Å². The Morgan fingerprint density at radius 1 is 1.30 bits per heavy atom. The molecule has 1 aromatic rings. The number of nitrogen functional groups attached to an aromatic ring is 1. The first-order valence-corrected chi connectivity index (χ1v) is 7.02. The molecule has 1 aliphatic carbocycles. The van der Waals surface area contributed by atoms with Crippen molar-refractivity contribution in [2.75, 3.05) is 17.2 Å². The number of hydrogen-bond acceptors (Lipinski definition) is 2. The Kier molecular flexibility index (Phi) is 4.16. The van der Waals surface area contributed by atoms with Crippen molar-refractivity contribution < 1.29 is 13.2 Å². The Hall–Kier alpha value is -1.39. The molecule has 2 rings (SSSR count). The Bertz CT molecular complexity index is 465. The molecule has 1 aliphatic rings. The standard InChI is InChI=1S/C15H21F3N2/c1-10(2)7-8-20(12-4-5-12)14-6-3-11(9-13(14)19)15(16,17)18/h3,6,9-10,12H,4-5,7-8,19H2,1-2H3. The van der Waals surface area contributed by atoms with Crippen LogP contribution in [0, 0.1) is 5.92 Å². The van der Waals surface area contributed by atoms with Gasteiger partial charge in [-0.15, -0.1) is 0 Å². The average molecular weight is 286 g/mol. The molecule has 0 saturated heterocycles. The number of anilines is 2. The van der Waals surface area contributed by atoms with E-state index in [1.54, 1.807) is 0 Å². The van der Waals surface area contributed by atoms with Crippen LogP contribution in [-0.4, -0.2) is 12.6 Å². The van der Waals surface area contributed by atoms with Gasteiger partial charge in [-0.05, 0) is 43.4 Å². The second kappa shape index (κ2) is 5.54. The van der Waals surface area contributed by atoms with Crippen molar-refractivity contribution in [1.29, 1.82) is 0 Å². The van der Waals surface area contributed by atoms with E-state index in [1.807, 2.05) is 0 Å². The third kappa shape index (κ3) is 3.58. The lowest BCUT2D eigenvalue weighted by molar-refractivity contribution is -0.137. The number of nitrogens with zero attached hydrogens (tertiary/aromatic N) is 1. The second-order valence-corrected chi connectivity index (χ2v) is 5.88. The van der Waals surface area contributed by atoms with Crippen LogP contribution < -0.4 is 10.6 Å². The van der Waals surface area contributed by atoms with E-state index in [0.29, 0.717) is 12.0 Å². The smallest absolute Gasteiger partial charge is 0.397 e. The SMILES string of the molecule is CC(C)CCN(c1ccc(C(F)(F)F)cc1N)C1CC1. The molecule has 5 heteroatoms. The zero-order valence-electron chi connectivity index (χ0n) is 11.9. The lowest BCUT2D eigenvalue weighted by atomic mass is 10.1. The van der Waals surface area contributed by atoms with Gasteiger partial charge in [-0.2, -0.15) is 13.2 Å². The summed E-state index contributed by atoms with van der Waals surface area (Å²) in [5, 5.41) is 0. The van der Waals surface area contributed by atoms with Crippen LogP contribution in [-0.2, 0) is 6.18 Å². The van der Waals surface area contributed by atoms with Crippen LogP contribution in [0.25, 0.3) is 0 Å². The summed E-state index contributed by atoms with van der Waals surface area (Å²) in [7, 11) is 0. The molecule has 0 amide bonds. The van der Waals surface area contributed by atoms with Crippen molar-refractivity contribution in [3.8, 4) is 0 Å². The van der Waals surface area contributed by atoms with Gasteiger partial charge < -0.3 is 10.6 Å². The fourth-order valence-corrected chi connectivity index (χ4v) is 2.28. The first-order chi connectivity index (χ1) is 9.29. The fraction of sp³-hybridized carbons (Fsp3) is 0.600. The maximum absolute atomic E-state index is 12.7. The number of rotatable bonds is 5. The lowest BCUT2D eigenvalue weighted by Gasteiger charge is -2.27. The van der Waals surface area contributed by atoms with E-state index >= 15 is 0 Å². The largest absolute Gasteiger partial charge is 0.416 e. The van der Waals surface area contributed by atoms with Crippen LogP contribution in [0.15, 0.2) is 18.2 Å². The Morgan fingerprint density at radius 3 is 2.40 bits per heavy atom. The molecule has 1 fully saturated rings. The third-order valence-electron chi connectivity index (χ3n) is 3.60. The van der Waals surface area contributed by atoms with Gasteiger partial charge >= 0.3 is 6.18 Å². The molecule has 0 atom stereocenters. The van der Waals surface area contributed by atoms with Crippen LogP contribution in [0.3, 0.4) is 0 Å².